The van der Waals surface area contributed by atoms with Crippen LogP contribution in [0.1, 0.15) is 16.7 Å². The summed E-state index contributed by atoms with van der Waals surface area (Å²) < 4.78 is 0. The lowest BCUT2D eigenvalue weighted by molar-refractivity contribution is 0.185. The van der Waals surface area contributed by atoms with Gasteiger partial charge in [-0.25, -0.2) is 4.79 Å². The SMILES string of the molecule is Cc1ccc(C#N)cc1NC(=O)N(CCO)Cc1ccccc1. The average molecular weight is 309 g/mol. The van der Waals surface area contributed by atoms with Gasteiger partial charge in [0.1, 0.15) is 0 Å². The van der Waals surface area contributed by atoms with Gasteiger partial charge in [-0.15, -0.1) is 0 Å². The highest BCUT2D eigenvalue weighted by Gasteiger charge is 2.14. The molecule has 0 aromatic heterocycles. The maximum absolute atomic E-state index is 12.5. The minimum absolute atomic E-state index is 0.114. The molecule has 2 aromatic rings. The van der Waals surface area contributed by atoms with E-state index in [0.29, 0.717) is 17.8 Å². The summed E-state index contributed by atoms with van der Waals surface area (Å²) in [7, 11) is 0. The third-order valence-corrected chi connectivity index (χ3v) is 3.48. The molecule has 0 bridgehead atoms. The summed E-state index contributed by atoms with van der Waals surface area (Å²) in [5, 5.41) is 21.0. The second-order valence-electron chi connectivity index (χ2n) is 5.20. The molecule has 0 aliphatic rings. The molecule has 0 saturated heterocycles. The average Bonchev–Trinajstić information content (AvgIpc) is 2.57. The van der Waals surface area contributed by atoms with Crippen molar-refractivity contribution < 1.29 is 9.90 Å². The number of aryl methyl sites for hydroxylation is 1. The summed E-state index contributed by atoms with van der Waals surface area (Å²) >= 11 is 0. The number of anilines is 1. The molecule has 2 amide bonds. The summed E-state index contributed by atoms with van der Waals surface area (Å²) in [5.74, 6) is 0. The molecule has 0 spiro atoms. The van der Waals surface area contributed by atoms with E-state index in [-0.39, 0.29) is 19.2 Å². The van der Waals surface area contributed by atoms with E-state index in [1.807, 2.05) is 37.3 Å². The van der Waals surface area contributed by atoms with Crippen molar-refractivity contribution in [2.75, 3.05) is 18.5 Å². The highest BCUT2D eigenvalue weighted by atomic mass is 16.3. The van der Waals surface area contributed by atoms with Gasteiger partial charge in [-0.3, -0.25) is 0 Å². The first-order valence-electron chi connectivity index (χ1n) is 7.35. The van der Waals surface area contributed by atoms with Crippen molar-refractivity contribution in [3.05, 3.63) is 65.2 Å². The summed E-state index contributed by atoms with van der Waals surface area (Å²) in [6.45, 7) is 2.39. The van der Waals surface area contributed by atoms with Gasteiger partial charge in [0.15, 0.2) is 0 Å². The number of nitriles is 1. The Hall–Kier alpha value is -2.84. The minimum atomic E-state index is -0.305. The highest BCUT2D eigenvalue weighted by molar-refractivity contribution is 5.90. The number of hydrogen-bond donors (Lipinski definition) is 2. The Balaban J connectivity index is 2.14. The first-order chi connectivity index (χ1) is 11.1. The van der Waals surface area contributed by atoms with Crippen LogP contribution in [0.15, 0.2) is 48.5 Å². The van der Waals surface area contributed by atoms with E-state index in [9.17, 15) is 9.90 Å². The Morgan fingerprint density at radius 1 is 1.26 bits per heavy atom. The molecule has 2 N–H and O–H groups in total. The lowest BCUT2D eigenvalue weighted by Crippen LogP contribution is -2.36. The predicted octanol–water partition coefficient (Wildman–Crippen LogP) is 2.89. The van der Waals surface area contributed by atoms with Crippen LogP contribution >= 0.6 is 0 Å². The molecule has 0 fully saturated rings. The fourth-order valence-electron chi connectivity index (χ4n) is 2.20. The normalized spacial score (nSPS) is 9.96. The van der Waals surface area contributed by atoms with Crippen molar-refractivity contribution in [2.45, 2.75) is 13.5 Å². The third-order valence-electron chi connectivity index (χ3n) is 3.48. The van der Waals surface area contributed by atoms with Gasteiger partial charge >= 0.3 is 6.03 Å². The maximum Gasteiger partial charge on any atom is 0.322 e. The topological polar surface area (TPSA) is 76.4 Å². The predicted molar refractivity (Wildman–Crippen MR) is 88.9 cm³/mol. The number of aliphatic hydroxyl groups excluding tert-OH is 1. The quantitative estimate of drug-likeness (QED) is 0.891. The number of benzene rings is 2. The minimum Gasteiger partial charge on any atom is -0.395 e. The summed E-state index contributed by atoms with van der Waals surface area (Å²) in [4.78, 5) is 14.0. The number of nitrogens with zero attached hydrogens (tertiary/aromatic N) is 2. The van der Waals surface area contributed by atoms with Gasteiger partial charge < -0.3 is 15.3 Å². The molecule has 5 nitrogen and oxygen atoms in total. The van der Waals surface area contributed by atoms with Crippen LogP contribution in [-0.4, -0.2) is 29.2 Å². The van der Waals surface area contributed by atoms with Gasteiger partial charge in [0.2, 0.25) is 0 Å². The summed E-state index contributed by atoms with van der Waals surface area (Å²) in [5.41, 5.74) is 2.95. The maximum atomic E-state index is 12.5. The fraction of sp³-hybridized carbons (Fsp3) is 0.222. The molecule has 0 radical (unpaired) electrons. The first-order valence-corrected chi connectivity index (χ1v) is 7.35. The van der Waals surface area contributed by atoms with Gasteiger partial charge in [0.25, 0.3) is 0 Å². The molecule has 0 aliphatic heterocycles. The molecule has 23 heavy (non-hydrogen) atoms. The molecule has 2 aromatic carbocycles. The van der Waals surface area contributed by atoms with Crippen LogP contribution in [0, 0.1) is 18.3 Å². The third kappa shape index (κ3) is 4.56. The van der Waals surface area contributed by atoms with Gasteiger partial charge in [0.05, 0.1) is 18.2 Å². The number of hydrogen-bond acceptors (Lipinski definition) is 3. The Bertz CT molecular complexity index is 708. The van der Waals surface area contributed by atoms with Crippen molar-refractivity contribution in [3.63, 3.8) is 0 Å². The van der Waals surface area contributed by atoms with Crippen molar-refractivity contribution >= 4 is 11.7 Å². The van der Waals surface area contributed by atoms with Crippen LogP contribution in [0.25, 0.3) is 0 Å². The van der Waals surface area contributed by atoms with E-state index in [1.165, 1.54) is 4.90 Å². The lowest BCUT2D eigenvalue weighted by Gasteiger charge is -2.23. The standard InChI is InChI=1S/C18H19N3O2/c1-14-7-8-16(12-19)11-17(14)20-18(23)21(9-10-22)13-15-5-3-2-4-6-15/h2-8,11,22H,9-10,13H2,1H3,(H,20,23). The Morgan fingerprint density at radius 3 is 2.65 bits per heavy atom. The van der Waals surface area contributed by atoms with Crippen molar-refractivity contribution in [3.8, 4) is 6.07 Å². The van der Waals surface area contributed by atoms with Crippen molar-refractivity contribution in [1.82, 2.24) is 4.90 Å². The molecule has 5 heteroatoms. The van der Waals surface area contributed by atoms with E-state index in [4.69, 9.17) is 5.26 Å². The molecule has 0 atom stereocenters. The van der Waals surface area contributed by atoms with Crippen LogP contribution < -0.4 is 5.32 Å². The van der Waals surface area contributed by atoms with Gasteiger partial charge in [0, 0.05) is 18.8 Å². The zero-order valence-corrected chi connectivity index (χ0v) is 13.0. The van der Waals surface area contributed by atoms with E-state index in [1.54, 1.807) is 18.2 Å². The molecular weight excluding hydrogens is 290 g/mol. The second kappa shape index (κ2) is 7.97. The number of aliphatic hydroxyl groups is 1. The van der Waals surface area contributed by atoms with Crippen molar-refractivity contribution in [2.24, 2.45) is 0 Å². The first kappa shape index (κ1) is 16.5. The zero-order chi connectivity index (χ0) is 16.7. The number of urea groups is 1. The number of amides is 2. The molecule has 0 aliphatic carbocycles. The fourth-order valence-corrected chi connectivity index (χ4v) is 2.20. The largest absolute Gasteiger partial charge is 0.395 e. The molecule has 118 valence electrons. The van der Waals surface area contributed by atoms with Gasteiger partial charge in [-0.2, -0.15) is 5.26 Å². The number of carbonyl (C=O) groups excluding carboxylic acids is 1. The van der Waals surface area contributed by atoms with Crippen LogP contribution in [0.5, 0.6) is 0 Å². The number of nitrogens with one attached hydrogen (secondary N) is 1. The van der Waals surface area contributed by atoms with E-state index >= 15 is 0 Å². The second-order valence-corrected chi connectivity index (χ2v) is 5.20. The highest BCUT2D eigenvalue weighted by Crippen LogP contribution is 2.17. The van der Waals surface area contributed by atoms with E-state index < -0.39 is 0 Å². The van der Waals surface area contributed by atoms with E-state index in [2.05, 4.69) is 11.4 Å². The molecule has 0 saturated carbocycles. The molecular formula is C18H19N3O2. The molecule has 2 rings (SSSR count). The summed E-state index contributed by atoms with van der Waals surface area (Å²) in [6, 6.07) is 16.5. The Morgan fingerprint density at radius 2 is 2.00 bits per heavy atom. The van der Waals surface area contributed by atoms with Gasteiger partial charge in [-0.1, -0.05) is 36.4 Å². The monoisotopic (exact) mass is 309 g/mol. The van der Waals surface area contributed by atoms with Crippen LogP contribution in [0.4, 0.5) is 10.5 Å². The Labute approximate surface area is 135 Å². The number of rotatable bonds is 5. The lowest BCUT2D eigenvalue weighted by atomic mass is 10.1. The number of carbonyl (C=O) groups is 1. The Kier molecular flexibility index (Phi) is 5.73. The van der Waals surface area contributed by atoms with E-state index in [0.717, 1.165) is 11.1 Å². The molecule has 0 heterocycles. The van der Waals surface area contributed by atoms with Crippen LogP contribution in [-0.2, 0) is 6.54 Å². The van der Waals surface area contributed by atoms with Crippen LogP contribution in [0.3, 0.4) is 0 Å². The zero-order valence-electron chi connectivity index (χ0n) is 13.0. The molecule has 0 unspecified atom stereocenters. The summed E-state index contributed by atoms with van der Waals surface area (Å²) in [6.07, 6.45) is 0. The smallest absolute Gasteiger partial charge is 0.322 e. The van der Waals surface area contributed by atoms with Crippen molar-refractivity contribution in [1.29, 1.82) is 5.26 Å². The van der Waals surface area contributed by atoms with Crippen LogP contribution in [0.2, 0.25) is 0 Å². The van der Waals surface area contributed by atoms with Gasteiger partial charge in [-0.05, 0) is 30.2 Å².